The third-order valence-electron chi connectivity index (χ3n) is 2.80. The fourth-order valence-electron chi connectivity index (χ4n) is 1.94. The Kier molecular flexibility index (Phi) is 3.64. The van der Waals surface area contributed by atoms with Crippen molar-refractivity contribution < 1.29 is 9.53 Å². The van der Waals surface area contributed by atoms with Gasteiger partial charge in [-0.25, -0.2) is 0 Å². The number of nitrogens with zero attached hydrogens (tertiary/aromatic N) is 1. The molecule has 1 aromatic rings. The SMILES string of the molecule is CC(N)CC(=O)N1CCOc2ccccc2C1. The molecule has 0 aromatic heterocycles. The fourth-order valence-corrected chi connectivity index (χ4v) is 1.94. The lowest BCUT2D eigenvalue weighted by molar-refractivity contribution is -0.132. The summed E-state index contributed by atoms with van der Waals surface area (Å²) < 4.78 is 5.61. The molecule has 0 radical (unpaired) electrons. The van der Waals surface area contributed by atoms with E-state index in [2.05, 4.69) is 0 Å². The van der Waals surface area contributed by atoms with Crippen molar-refractivity contribution in [1.82, 2.24) is 4.90 Å². The Hall–Kier alpha value is -1.55. The molecule has 0 aliphatic carbocycles. The summed E-state index contributed by atoms with van der Waals surface area (Å²) in [6.45, 7) is 3.63. The summed E-state index contributed by atoms with van der Waals surface area (Å²) >= 11 is 0. The summed E-state index contributed by atoms with van der Waals surface area (Å²) in [5, 5.41) is 0. The van der Waals surface area contributed by atoms with Gasteiger partial charge in [0.2, 0.25) is 5.91 Å². The van der Waals surface area contributed by atoms with Gasteiger partial charge in [0, 0.05) is 24.6 Å². The Morgan fingerprint density at radius 1 is 1.53 bits per heavy atom. The van der Waals surface area contributed by atoms with Gasteiger partial charge in [-0.15, -0.1) is 0 Å². The summed E-state index contributed by atoms with van der Waals surface area (Å²) in [6.07, 6.45) is 0.391. The maximum atomic E-state index is 12.0. The molecule has 0 spiro atoms. The molecule has 92 valence electrons. The molecule has 4 nitrogen and oxygen atoms in total. The molecular weight excluding hydrogens is 216 g/mol. The summed E-state index contributed by atoms with van der Waals surface area (Å²) in [4.78, 5) is 13.8. The number of hydrogen-bond donors (Lipinski definition) is 1. The van der Waals surface area contributed by atoms with Crippen molar-refractivity contribution in [2.75, 3.05) is 13.2 Å². The van der Waals surface area contributed by atoms with Crippen molar-refractivity contribution in [1.29, 1.82) is 0 Å². The van der Waals surface area contributed by atoms with E-state index in [1.54, 1.807) is 0 Å². The first-order valence-electron chi connectivity index (χ1n) is 5.91. The van der Waals surface area contributed by atoms with Gasteiger partial charge < -0.3 is 15.4 Å². The zero-order valence-electron chi connectivity index (χ0n) is 10.1. The summed E-state index contributed by atoms with van der Waals surface area (Å²) in [5.74, 6) is 0.976. The minimum absolute atomic E-state index is 0.0954. The Morgan fingerprint density at radius 3 is 3.06 bits per heavy atom. The first-order valence-corrected chi connectivity index (χ1v) is 5.91. The van der Waals surface area contributed by atoms with Crippen LogP contribution in [0.25, 0.3) is 0 Å². The van der Waals surface area contributed by atoms with Gasteiger partial charge in [0.1, 0.15) is 12.4 Å². The second kappa shape index (κ2) is 5.19. The maximum absolute atomic E-state index is 12.0. The molecular formula is C13H18N2O2. The molecule has 0 fully saturated rings. The normalized spacial score (nSPS) is 16.7. The standard InChI is InChI=1S/C13H18N2O2/c1-10(14)8-13(16)15-6-7-17-12-5-3-2-4-11(12)9-15/h2-5,10H,6-9,14H2,1H3. The molecule has 1 heterocycles. The number of benzene rings is 1. The number of hydrogen-bond acceptors (Lipinski definition) is 3. The average molecular weight is 234 g/mol. The smallest absolute Gasteiger partial charge is 0.224 e. The van der Waals surface area contributed by atoms with Gasteiger partial charge in [0.25, 0.3) is 0 Å². The summed E-state index contributed by atoms with van der Waals surface area (Å²) in [7, 11) is 0. The molecule has 2 N–H and O–H groups in total. The number of fused-ring (bicyclic) bond motifs is 1. The van der Waals surface area contributed by atoms with Crippen molar-refractivity contribution in [2.24, 2.45) is 5.73 Å². The van der Waals surface area contributed by atoms with Crippen LogP contribution < -0.4 is 10.5 Å². The quantitative estimate of drug-likeness (QED) is 0.835. The third kappa shape index (κ3) is 2.97. The van der Waals surface area contributed by atoms with E-state index in [0.29, 0.717) is 26.1 Å². The Bertz CT molecular complexity index is 404. The zero-order chi connectivity index (χ0) is 12.3. The monoisotopic (exact) mass is 234 g/mol. The highest BCUT2D eigenvalue weighted by Gasteiger charge is 2.19. The van der Waals surface area contributed by atoms with E-state index in [0.717, 1.165) is 11.3 Å². The molecule has 1 amide bonds. The fraction of sp³-hybridized carbons (Fsp3) is 0.462. The van der Waals surface area contributed by atoms with Crippen LogP contribution >= 0.6 is 0 Å². The molecule has 2 rings (SSSR count). The van der Waals surface area contributed by atoms with Crippen molar-refractivity contribution >= 4 is 5.91 Å². The van der Waals surface area contributed by atoms with Crippen molar-refractivity contribution in [3.05, 3.63) is 29.8 Å². The van der Waals surface area contributed by atoms with E-state index in [1.165, 1.54) is 0 Å². The van der Waals surface area contributed by atoms with Crippen molar-refractivity contribution in [3.63, 3.8) is 0 Å². The Labute approximate surface area is 101 Å². The van der Waals surface area contributed by atoms with Gasteiger partial charge in [-0.3, -0.25) is 4.79 Å². The predicted molar refractivity (Wildman–Crippen MR) is 65.6 cm³/mol. The van der Waals surface area contributed by atoms with Crippen LogP contribution in [-0.2, 0) is 11.3 Å². The van der Waals surface area contributed by atoms with Crippen molar-refractivity contribution in [3.8, 4) is 5.75 Å². The van der Waals surface area contributed by atoms with Gasteiger partial charge >= 0.3 is 0 Å². The molecule has 1 atom stereocenters. The Morgan fingerprint density at radius 2 is 2.29 bits per heavy atom. The lowest BCUT2D eigenvalue weighted by Crippen LogP contribution is -2.35. The van der Waals surface area contributed by atoms with Gasteiger partial charge in [0.05, 0.1) is 6.54 Å². The number of nitrogens with two attached hydrogens (primary N) is 1. The van der Waals surface area contributed by atoms with E-state index in [4.69, 9.17) is 10.5 Å². The second-order valence-corrected chi connectivity index (χ2v) is 4.45. The molecule has 4 heteroatoms. The highest BCUT2D eigenvalue weighted by atomic mass is 16.5. The molecule has 1 aromatic carbocycles. The number of amides is 1. The van der Waals surface area contributed by atoms with E-state index >= 15 is 0 Å². The number of carbonyl (C=O) groups is 1. The second-order valence-electron chi connectivity index (χ2n) is 4.45. The van der Waals surface area contributed by atoms with Crippen LogP contribution in [0, 0.1) is 0 Å². The van der Waals surface area contributed by atoms with Crippen LogP contribution in [0.3, 0.4) is 0 Å². The maximum Gasteiger partial charge on any atom is 0.224 e. The van der Waals surface area contributed by atoms with E-state index < -0.39 is 0 Å². The molecule has 1 aliphatic heterocycles. The van der Waals surface area contributed by atoms with Crippen LogP contribution in [0.5, 0.6) is 5.75 Å². The van der Waals surface area contributed by atoms with Crippen molar-refractivity contribution in [2.45, 2.75) is 25.9 Å². The molecule has 0 saturated carbocycles. The minimum atomic E-state index is -0.0954. The number of carbonyl (C=O) groups excluding carboxylic acids is 1. The van der Waals surface area contributed by atoms with Crippen LogP contribution in [0.2, 0.25) is 0 Å². The van der Waals surface area contributed by atoms with Gasteiger partial charge in [-0.2, -0.15) is 0 Å². The van der Waals surface area contributed by atoms with Crippen LogP contribution in [0.4, 0.5) is 0 Å². The average Bonchev–Trinajstić information content (AvgIpc) is 2.49. The largest absolute Gasteiger partial charge is 0.491 e. The number of rotatable bonds is 2. The van der Waals surface area contributed by atoms with E-state index in [1.807, 2.05) is 36.1 Å². The van der Waals surface area contributed by atoms with Gasteiger partial charge in [-0.1, -0.05) is 18.2 Å². The molecule has 0 bridgehead atoms. The molecule has 17 heavy (non-hydrogen) atoms. The molecule has 1 unspecified atom stereocenters. The number of para-hydroxylation sites is 1. The predicted octanol–water partition coefficient (Wildman–Crippen LogP) is 1.14. The van der Waals surface area contributed by atoms with Gasteiger partial charge in [-0.05, 0) is 13.0 Å². The lowest BCUT2D eigenvalue weighted by Gasteiger charge is -2.20. The van der Waals surface area contributed by atoms with Gasteiger partial charge in [0.15, 0.2) is 0 Å². The first kappa shape index (κ1) is 11.9. The minimum Gasteiger partial charge on any atom is -0.491 e. The van der Waals surface area contributed by atoms with Crippen LogP contribution in [0.15, 0.2) is 24.3 Å². The highest BCUT2D eigenvalue weighted by Crippen LogP contribution is 2.22. The van der Waals surface area contributed by atoms with Crippen LogP contribution in [0.1, 0.15) is 18.9 Å². The third-order valence-corrected chi connectivity index (χ3v) is 2.80. The zero-order valence-corrected chi connectivity index (χ0v) is 10.1. The van der Waals surface area contributed by atoms with Crippen LogP contribution in [-0.4, -0.2) is 30.0 Å². The van der Waals surface area contributed by atoms with E-state index in [9.17, 15) is 4.79 Å². The number of ether oxygens (including phenoxy) is 1. The summed E-state index contributed by atoms with van der Waals surface area (Å²) in [6, 6.07) is 7.74. The first-order chi connectivity index (χ1) is 8.16. The topological polar surface area (TPSA) is 55.6 Å². The summed E-state index contributed by atoms with van der Waals surface area (Å²) in [5.41, 5.74) is 6.71. The lowest BCUT2D eigenvalue weighted by atomic mass is 10.1. The Balaban J connectivity index is 2.10. The molecule has 1 aliphatic rings. The van der Waals surface area contributed by atoms with E-state index in [-0.39, 0.29) is 11.9 Å². The molecule has 0 saturated heterocycles. The highest BCUT2D eigenvalue weighted by molar-refractivity contribution is 5.77.